The summed E-state index contributed by atoms with van der Waals surface area (Å²) in [6, 6.07) is 5.78. The summed E-state index contributed by atoms with van der Waals surface area (Å²) in [6.45, 7) is 1.88. The number of Topliss-reactive ketones (excluding diaryl/α,β-unsaturated/α-hetero) is 1. The normalized spacial score (nSPS) is 9.83. The molecule has 0 saturated heterocycles. The van der Waals surface area contributed by atoms with Crippen LogP contribution >= 0.6 is 0 Å². The molecule has 0 bridgehead atoms. The van der Waals surface area contributed by atoms with E-state index < -0.39 is 10.9 Å². The van der Waals surface area contributed by atoms with Gasteiger partial charge in [0.1, 0.15) is 12.2 Å². The van der Waals surface area contributed by atoms with Gasteiger partial charge >= 0.3 is 5.97 Å². The lowest BCUT2D eigenvalue weighted by molar-refractivity contribution is -0.384. The third-order valence-electron chi connectivity index (χ3n) is 2.17. The summed E-state index contributed by atoms with van der Waals surface area (Å²) in [6.07, 6.45) is -0.322. The Labute approximate surface area is 104 Å². The van der Waals surface area contributed by atoms with Gasteiger partial charge in [-0.1, -0.05) is 12.1 Å². The molecule has 0 unspecified atom stereocenters. The number of rotatable bonds is 6. The maximum Gasteiger partial charge on any atom is 0.313 e. The van der Waals surface area contributed by atoms with E-state index in [-0.39, 0.29) is 30.9 Å². The number of hydrogen-bond donors (Lipinski definition) is 0. The molecule has 1 rings (SSSR count). The molecule has 0 atom stereocenters. The summed E-state index contributed by atoms with van der Waals surface area (Å²) in [7, 11) is 0. The molecule has 1 aromatic rings. The smallest absolute Gasteiger partial charge is 0.313 e. The van der Waals surface area contributed by atoms with Gasteiger partial charge in [-0.25, -0.2) is 0 Å². The van der Waals surface area contributed by atoms with Gasteiger partial charge in [-0.3, -0.25) is 19.7 Å². The maximum atomic E-state index is 11.5. The van der Waals surface area contributed by atoms with E-state index in [4.69, 9.17) is 0 Å². The monoisotopic (exact) mass is 251 g/mol. The van der Waals surface area contributed by atoms with E-state index in [0.29, 0.717) is 5.56 Å². The van der Waals surface area contributed by atoms with Crippen LogP contribution in [0.1, 0.15) is 18.9 Å². The number of esters is 1. The molecule has 0 radical (unpaired) electrons. The van der Waals surface area contributed by atoms with Crippen LogP contribution in [0.5, 0.6) is 0 Å². The SMILES string of the molecule is CCOC(=O)CC(=O)Cc1cccc([N+](=O)[O-])c1. The Kier molecular flexibility index (Phi) is 4.98. The molecule has 1 aromatic carbocycles. The van der Waals surface area contributed by atoms with Crippen molar-refractivity contribution in [1.82, 2.24) is 0 Å². The van der Waals surface area contributed by atoms with E-state index >= 15 is 0 Å². The van der Waals surface area contributed by atoms with Crippen LogP contribution < -0.4 is 0 Å². The zero-order valence-corrected chi connectivity index (χ0v) is 9.92. The van der Waals surface area contributed by atoms with Crippen molar-refractivity contribution >= 4 is 17.4 Å². The molecule has 6 heteroatoms. The van der Waals surface area contributed by atoms with Crippen molar-refractivity contribution in [2.24, 2.45) is 0 Å². The third kappa shape index (κ3) is 4.32. The van der Waals surface area contributed by atoms with E-state index in [2.05, 4.69) is 4.74 Å². The van der Waals surface area contributed by atoms with Gasteiger partial charge in [-0.2, -0.15) is 0 Å². The highest BCUT2D eigenvalue weighted by Crippen LogP contribution is 2.14. The molecule has 6 nitrogen and oxygen atoms in total. The number of nitro groups is 1. The maximum absolute atomic E-state index is 11.5. The van der Waals surface area contributed by atoms with Gasteiger partial charge in [0, 0.05) is 18.6 Å². The minimum atomic E-state index is -0.576. The third-order valence-corrected chi connectivity index (χ3v) is 2.17. The lowest BCUT2D eigenvalue weighted by atomic mass is 10.1. The molecule has 0 spiro atoms. The van der Waals surface area contributed by atoms with Crippen LogP contribution in [0.25, 0.3) is 0 Å². The number of nitrogens with zero attached hydrogens (tertiary/aromatic N) is 1. The Balaban J connectivity index is 2.62. The summed E-state index contributed by atoms with van der Waals surface area (Å²) in [5.41, 5.74) is 0.440. The van der Waals surface area contributed by atoms with Gasteiger partial charge in [0.15, 0.2) is 0 Å². The van der Waals surface area contributed by atoms with E-state index in [0.717, 1.165) is 0 Å². The average molecular weight is 251 g/mol. The fourth-order valence-corrected chi connectivity index (χ4v) is 1.44. The fraction of sp³-hybridized carbons (Fsp3) is 0.333. The molecule has 0 aliphatic rings. The Morgan fingerprint density at radius 3 is 2.72 bits per heavy atom. The van der Waals surface area contributed by atoms with E-state index in [9.17, 15) is 19.7 Å². The van der Waals surface area contributed by atoms with Gasteiger partial charge in [0.25, 0.3) is 5.69 Å². The van der Waals surface area contributed by atoms with Crippen molar-refractivity contribution < 1.29 is 19.2 Å². The molecule has 0 aliphatic carbocycles. The van der Waals surface area contributed by atoms with Crippen molar-refractivity contribution in [1.29, 1.82) is 0 Å². The van der Waals surface area contributed by atoms with Crippen molar-refractivity contribution in [3.8, 4) is 0 Å². The summed E-state index contributed by atoms with van der Waals surface area (Å²) in [4.78, 5) is 32.6. The molecule has 0 heterocycles. The van der Waals surface area contributed by atoms with Crippen LogP contribution in [0.3, 0.4) is 0 Å². The van der Waals surface area contributed by atoms with Crippen LogP contribution in [0, 0.1) is 10.1 Å². The van der Waals surface area contributed by atoms with Gasteiger partial charge in [-0.15, -0.1) is 0 Å². The van der Waals surface area contributed by atoms with Crippen molar-refractivity contribution in [2.45, 2.75) is 19.8 Å². The topological polar surface area (TPSA) is 86.5 Å². The van der Waals surface area contributed by atoms with Crippen LogP contribution in [-0.2, 0) is 20.7 Å². The van der Waals surface area contributed by atoms with Crippen molar-refractivity contribution in [2.75, 3.05) is 6.61 Å². The Bertz CT molecular complexity index is 469. The quantitative estimate of drug-likeness (QED) is 0.332. The molecular formula is C12H13NO5. The van der Waals surface area contributed by atoms with Crippen molar-refractivity contribution in [3.05, 3.63) is 39.9 Å². The lowest BCUT2D eigenvalue weighted by Gasteiger charge is -2.02. The predicted octanol–water partition coefficient (Wildman–Crippen LogP) is 1.66. The Hall–Kier alpha value is -2.24. The Morgan fingerprint density at radius 2 is 2.11 bits per heavy atom. The highest BCUT2D eigenvalue weighted by molar-refractivity contribution is 5.96. The van der Waals surface area contributed by atoms with Gasteiger partial charge in [0.05, 0.1) is 11.5 Å². The first-order valence-electron chi connectivity index (χ1n) is 5.43. The number of hydrogen-bond acceptors (Lipinski definition) is 5. The highest BCUT2D eigenvalue weighted by Gasteiger charge is 2.13. The molecule has 0 saturated carbocycles. The molecule has 18 heavy (non-hydrogen) atoms. The standard InChI is InChI=1S/C12H13NO5/c1-2-18-12(15)8-11(14)7-9-4-3-5-10(6-9)13(16)17/h3-6H,2,7-8H2,1H3. The van der Waals surface area contributed by atoms with Crippen LogP contribution in [0.2, 0.25) is 0 Å². The summed E-state index contributed by atoms with van der Waals surface area (Å²) in [5.74, 6) is -0.901. The minimum absolute atomic E-state index is 0.0134. The molecule has 0 aromatic heterocycles. The van der Waals surface area contributed by atoms with Crippen LogP contribution in [0.4, 0.5) is 5.69 Å². The van der Waals surface area contributed by atoms with Crippen molar-refractivity contribution in [3.63, 3.8) is 0 Å². The molecule has 0 aliphatic heterocycles. The number of non-ortho nitro benzene ring substituents is 1. The first kappa shape index (κ1) is 13.8. The number of ketones is 1. The minimum Gasteiger partial charge on any atom is -0.466 e. The molecule has 0 fully saturated rings. The first-order valence-corrected chi connectivity index (χ1v) is 5.43. The predicted molar refractivity (Wildman–Crippen MR) is 63.1 cm³/mol. The van der Waals surface area contributed by atoms with Crippen LogP contribution in [-0.4, -0.2) is 23.3 Å². The first-order chi connectivity index (χ1) is 8.52. The van der Waals surface area contributed by atoms with Gasteiger partial charge in [0.2, 0.25) is 0 Å². The second kappa shape index (κ2) is 6.48. The fourth-order valence-electron chi connectivity index (χ4n) is 1.44. The number of ether oxygens (including phenoxy) is 1. The summed E-state index contributed by atoms with van der Waals surface area (Å²) >= 11 is 0. The molecule has 96 valence electrons. The summed E-state index contributed by atoms with van der Waals surface area (Å²) < 4.78 is 4.64. The van der Waals surface area contributed by atoms with Crippen LogP contribution in [0.15, 0.2) is 24.3 Å². The second-order valence-corrected chi connectivity index (χ2v) is 3.62. The zero-order valence-electron chi connectivity index (χ0n) is 9.92. The second-order valence-electron chi connectivity index (χ2n) is 3.62. The van der Waals surface area contributed by atoms with E-state index in [1.807, 2.05) is 0 Å². The van der Waals surface area contributed by atoms with E-state index in [1.165, 1.54) is 18.2 Å². The summed E-state index contributed by atoms with van der Waals surface area (Å²) in [5, 5.41) is 10.5. The van der Waals surface area contributed by atoms with Gasteiger partial charge < -0.3 is 4.74 Å². The van der Waals surface area contributed by atoms with E-state index in [1.54, 1.807) is 13.0 Å². The largest absolute Gasteiger partial charge is 0.466 e. The number of carbonyl (C=O) groups is 2. The molecule has 0 N–H and O–H groups in total. The molecule has 0 amide bonds. The molecular weight excluding hydrogens is 238 g/mol. The number of nitro benzene ring substituents is 1. The average Bonchev–Trinajstić information content (AvgIpc) is 2.29. The van der Waals surface area contributed by atoms with Gasteiger partial charge in [-0.05, 0) is 12.5 Å². The zero-order chi connectivity index (χ0) is 13.5. The lowest BCUT2D eigenvalue weighted by Crippen LogP contribution is -2.13. The number of carbonyl (C=O) groups excluding carboxylic acids is 2. The highest BCUT2D eigenvalue weighted by atomic mass is 16.6. The number of benzene rings is 1. The Morgan fingerprint density at radius 1 is 1.39 bits per heavy atom.